The molecule has 0 aliphatic carbocycles. The van der Waals surface area contributed by atoms with E-state index in [2.05, 4.69) is 4.98 Å². The summed E-state index contributed by atoms with van der Waals surface area (Å²) in [6.45, 7) is 8.20. The Morgan fingerprint density at radius 3 is 2.26 bits per heavy atom. The van der Waals surface area contributed by atoms with Crippen LogP contribution in [0.2, 0.25) is 0 Å². The molecule has 2 heterocycles. The van der Waals surface area contributed by atoms with Gasteiger partial charge in [0, 0.05) is 12.0 Å². The molecule has 5 nitrogen and oxygen atoms in total. The Kier molecular flexibility index (Phi) is 3.70. The molecule has 0 amide bonds. The van der Waals surface area contributed by atoms with Gasteiger partial charge in [0.2, 0.25) is 0 Å². The first-order chi connectivity index (χ1) is 8.80. The van der Waals surface area contributed by atoms with Gasteiger partial charge in [-0.25, -0.2) is 0 Å². The molecule has 3 N–H and O–H groups in total. The van der Waals surface area contributed by atoms with Gasteiger partial charge in [-0.3, -0.25) is 4.98 Å². The summed E-state index contributed by atoms with van der Waals surface area (Å²) in [5.74, 6) is 0. The molecule has 19 heavy (non-hydrogen) atoms. The number of rotatable bonds is 3. The number of pyridine rings is 1. The monoisotopic (exact) mass is 264 g/mol. The SMILES string of the molecule is CC1(C)OB(c2ccc(CO)nc2CN)OC1(C)C. The molecule has 6 heteroatoms. The van der Waals surface area contributed by atoms with Crippen LogP contribution >= 0.6 is 0 Å². The van der Waals surface area contributed by atoms with Crippen molar-refractivity contribution in [3.05, 3.63) is 23.5 Å². The molecule has 0 saturated carbocycles. The largest absolute Gasteiger partial charge is 0.496 e. The van der Waals surface area contributed by atoms with Gasteiger partial charge in [-0.05, 0) is 33.8 Å². The molecule has 0 aromatic carbocycles. The lowest BCUT2D eigenvalue weighted by Gasteiger charge is -2.32. The van der Waals surface area contributed by atoms with Gasteiger partial charge in [-0.1, -0.05) is 6.07 Å². The second-order valence-corrected chi connectivity index (χ2v) is 5.79. The Morgan fingerprint density at radius 1 is 1.21 bits per heavy atom. The zero-order valence-corrected chi connectivity index (χ0v) is 11.9. The summed E-state index contributed by atoms with van der Waals surface area (Å²) in [7, 11) is -0.469. The highest BCUT2D eigenvalue weighted by molar-refractivity contribution is 6.62. The van der Waals surface area contributed by atoms with Crippen molar-refractivity contribution in [3.63, 3.8) is 0 Å². The quantitative estimate of drug-likeness (QED) is 0.769. The van der Waals surface area contributed by atoms with Crippen LogP contribution in [0.25, 0.3) is 0 Å². The van der Waals surface area contributed by atoms with E-state index in [1.807, 2.05) is 33.8 Å². The van der Waals surface area contributed by atoms with E-state index in [0.717, 1.165) is 5.46 Å². The van der Waals surface area contributed by atoms with E-state index in [4.69, 9.17) is 20.1 Å². The zero-order chi connectivity index (χ0) is 14.3. The van der Waals surface area contributed by atoms with Crippen LogP contribution in [0.3, 0.4) is 0 Å². The van der Waals surface area contributed by atoms with Crippen LogP contribution in [0.5, 0.6) is 0 Å². The highest BCUT2D eigenvalue weighted by Gasteiger charge is 2.52. The van der Waals surface area contributed by atoms with Gasteiger partial charge in [0.25, 0.3) is 0 Å². The molecule has 0 unspecified atom stereocenters. The van der Waals surface area contributed by atoms with E-state index >= 15 is 0 Å². The van der Waals surface area contributed by atoms with E-state index < -0.39 is 7.12 Å². The van der Waals surface area contributed by atoms with Gasteiger partial charge < -0.3 is 20.1 Å². The lowest BCUT2D eigenvalue weighted by Crippen LogP contribution is -2.41. The van der Waals surface area contributed by atoms with Crippen molar-refractivity contribution in [1.29, 1.82) is 0 Å². The van der Waals surface area contributed by atoms with Gasteiger partial charge >= 0.3 is 7.12 Å². The molecule has 1 aromatic rings. The Hall–Kier alpha value is -0.945. The van der Waals surface area contributed by atoms with Gasteiger partial charge in [0.15, 0.2) is 0 Å². The molecule has 0 radical (unpaired) electrons. The summed E-state index contributed by atoms with van der Waals surface area (Å²) in [5.41, 5.74) is 7.07. The lowest BCUT2D eigenvalue weighted by molar-refractivity contribution is 0.00578. The van der Waals surface area contributed by atoms with Crippen LogP contribution in [0.4, 0.5) is 0 Å². The maximum atomic E-state index is 9.11. The molecule has 0 spiro atoms. The minimum absolute atomic E-state index is 0.101. The summed E-state index contributed by atoms with van der Waals surface area (Å²) < 4.78 is 12.0. The Labute approximate surface area is 114 Å². The summed E-state index contributed by atoms with van der Waals surface area (Å²) in [6.07, 6.45) is 0. The third kappa shape index (κ3) is 2.53. The van der Waals surface area contributed by atoms with Crippen LogP contribution in [0.1, 0.15) is 39.1 Å². The predicted octanol–water partition coefficient (Wildman–Crippen LogP) is 0.332. The van der Waals surface area contributed by atoms with Gasteiger partial charge in [0.05, 0.1) is 29.2 Å². The van der Waals surface area contributed by atoms with Crippen LogP contribution < -0.4 is 11.2 Å². The van der Waals surface area contributed by atoms with E-state index in [9.17, 15) is 0 Å². The van der Waals surface area contributed by atoms with Crippen molar-refractivity contribution >= 4 is 12.6 Å². The molecule has 104 valence electrons. The standard InChI is InChI=1S/C13H21BN2O3/c1-12(2)13(3,4)19-14(18-12)10-6-5-9(8-17)16-11(10)7-15/h5-6,17H,7-8,15H2,1-4H3. The molecule has 1 fully saturated rings. The number of aromatic nitrogens is 1. The number of aliphatic hydroxyl groups is 1. The molecule has 0 atom stereocenters. The molecule has 0 bridgehead atoms. The average molecular weight is 264 g/mol. The molecule has 1 aromatic heterocycles. The maximum absolute atomic E-state index is 9.11. The third-order valence-corrected chi connectivity index (χ3v) is 3.93. The van der Waals surface area contributed by atoms with E-state index in [1.165, 1.54) is 0 Å². The summed E-state index contributed by atoms with van der Waals surface area (Å²) in [6, 6.07) is 3.63. The fourth-order valence-electron chi connectivity index (χ4n) is 1.99. The minimum Gasteiger partial charge on any atom is -0.399 e. The van der Waals surface area contributed by atoms with Crippen LogP contribution in [-0.2, 0) is 22.5 Å². The molecule has 1 aliphatic heterocycles. The Balaban J connectivity index is 2.34. The second-order valence-electron chi connectivity index (χ2n) is 5.79. The Morgan fingerprint density at radius 2 is 1.79 bits per heavy atom. The number of nitrogens with zero attached hydrogens (tertiary/aromatic N) is 1. The van der Waals surface area contributed by atoms with Crippen molar-refractivity contribution in [2.75, 3.05) is 0 Å². The molecular formula is C13H21BN2O3. The number of hydrogen-bond donors (Lipinski definition) is 2. The predicted molar refractivity (Wildman–Crippen MR) is 73.8 cm³/mol. The molecule has 1 aliphatic rings. The van der Waals surface area contributed by atoms with Crippen LogP contribution in [-0.4, -0.2) is 28.4 Å². The van der Waals surface area contributed by atoms with Gasteiger partial charge in [0.1, 0.15) is 0 Å². The fourth-order valence-corrected chi connectivity index (χ4v) is 1.99. The zero-order valence-electron chi connectivity index (χ0n) is 11.9. The first kappa shape index (κ1) is 14.5. The minimum atomic E-state index is -0.469. The van der Waals surface area contributed by atoms with Gasteiger partial charge in [-0.15, -0.1) is 0 Å². The smallest absolute Gasteiger partial charge is 0.399 e. The highest BCUT2D eigenvalue weighted by atomic mass is 16.7. The summed E-state index contributed by atoms with van der Waals surface area (Å²) in [5, 5.41) is 9.11. The molecule has 1 saturated heterocycles. The third-order valence-electron chi connectivity index (χ3n) is 3.93. The van der Waals surface area contributed by atoms with E-state index in [0.29, 0.717) is 11.4 Å². The molecular weight excluding hydrogens is 243 g/mol. The number of hydrogen-bond acceptors (Lipinski definition) is 5. The lowest BCUT2D eigenvalue weighted by atomic mass is 9.77. The van der Waals surface area contributed by atoms with Crippen LogP contribution in [0.15, 0.2) is 12.1 Å². The Bertz CT molecular complexity index is 461. The average Bonchev–Trinajstić information content (AvgIpc) is 2.57. The van der Waals surface area contributed by atoms with Crippen molar-refractivity contribution in [2.24, 2.45) is 5.73 Å². The fraction of sp³-hybridized carbons (Fsp3) is 0.615. The van der Waals surface area contributed by atoms with Crippen molar-refractivity contribution in [2.45, 2.75) is 52.0 Å². The second kappa shape index (κ2) is 4.87. The topological polar surface area (TPSA) is 77.6 Å². The van der Waals surface area contributed by atoms with Crippen LogP contribution in [0, 0.1) is 0 Å². The summed E-state index contributed by atoms with van der Waals surface area (Å²) >= 11 is 0. The summed E-state index contributed by atoms with van der Waals surface area (Å²) in [4.78, 5) is 4.31. The van der Waals surface area contributed by atoms with Gasteiger partial charge in [-0.2, -0.15) is 0 Å². The molecule has 2 rings (SSSR count). The first-order valence-electron chi connectivity index (χ1n) is 6.46. The highest BCUT2D eigenvalue weighted by Crippen LogP contribution is 2.36. The first-order valence-corrected chi connectivity index (χ1v) is 6.46. The number of nitrogens with two attached hydrogens (primary N) is 1. The van der Waals surface area contributed by atoms with E-state index in [-0.39, 0.29) is 24.4 Å². The number of aliphatic hydroxyl groups excluding tert-OH is 1. The van der Waals surface area contributed by atoms with E-state index in [1.54, 1.807) is 6.07 Å². The van der Waals surface area contributed by atoms with Crippen molar-refractivity contribution in [1.82, 2.24) is 4.98 Å². The maximum Gasteiger partial charge on any atom is 0.496 e. The normalized spacial score (nSPS) is 20.8. The van der Waals surface area contributed by atoms with Crippen molar-refractivity contribution < 1.29 is 14.4 Å². The van der Waals surface area contributed by atoms with Crippen molar-refractivity contribution in [3.8, 4) is 0 Å².